The zero-order chi connectivity index (χ0) is 45.0. The highest BCUT2D eigenvalue weighted by molar-refractivity contribution is 6.10. The Balaban J connectivity index is 0.996. The molecule has 0 N–H and O–H groups in total. The van der Waals surface area contributed by atoms with Crippen molar-refractivity contribution in [2.24, 2.45) is 0 Å². The van der Waals surface area contributed by atoms with Gasteiger partial charge in [-0.2, -0.15) is 0 Å². The Kier molecular flexibility index (Phi) is 9.54. The summed E-state index contributed by atoms with van der Waals surface area (Å²) in [6.45, 7) is 0. The van der Waals surface area contributed by atoms with Crippen LogP contribution in [0.25, 0.3) is 104 Å². The first-order chi connectivity index (χ1) is 33.7. The molecule has 0 amide bonds. The maximum Gasteiger partial charge on any atom is 0.0546 e. The number of fused-ring (bicyclic) bond motifs is 6. The summed E-state index contributed by atoms with van der Waals surface area (Å²) >= 11 is 0. The molecule has 2 nitrogen and oxygen atoms in total. The van der Waals surface area contributed by atoms with Crippen molar-refractivity contribution < 1.29 is 0 Å². The number of rotatable bonds is 8. The largest absolute Gasteiger partial charge is 0.310 e. The second-order valence-electron chi connectivity index (χ2n) is 17.7. The SMILES string of the molecule is c1ccc(-c2cc(N(c3ccc(-c4cccc(-n5c6ccccc6c6ccccc65)c4-c4ccc5ccccc5c4)cc3)c3ccc(-c4cccc5ccccc45)cc3)cc3ccccc23)cc1. The van der Waals surface area contributed by atoms with Crippen LogP contribution in [0.4, 0.5) is 17.1 Å². The third-order valence-corrected chi connectivity index (χ3v) is 13.8. The molecule has 0 saturated carbocycles. The van der Waals surface area contributed by atoms with Crippen LogP contribution in [0.3, 0.4) is 0 Å². The summed E-state index contributed by atoms with van der Waals surface area (Å²) < 4.78 is 2.46. The number of benzene rings is 12. The lowest BCUT2D eigenvalue weighted by Crippen LogP contribution is -2.10. The lowest BCUT2D eigenvalue weighted by atomic mass is 9.91. The van der Waals surface area contributed by atoms with Crippen molar-refractivity contribution in [1.29, 1.82) is 0 Å². The van der Waals surface area contributed by atoms with E-state index >= 15 is 0 Å². The maximum absolute atomic E-state index is 2.46. The molecule has 0 aliphatic carbocycles. The number of hydrogen-bond acceptors (Lipinski definition) is 1. The molecule has 0 aliphatic heterocycles. The van der Waals surface area contributed by atoms with Gasteiger partial charge < -0.3 is 9.47 Å². The van der Waals surface area contributed by atoms with Crippen LogP contribution in [0.2, 0.25) is 0 Å². The summed E-state index contributed by atoms with van der Waals surface area (Å²) in [5.41, 5.74) is 16.3. The van der Waals surface area contributed by atoms with E-state index < -0.39 is 0 Å². The molecule has 0 atom stereocenters. The fourth-order valence-electron chi connectivity index (χ4n) is 10.6. The third kappa shape index (κ3) is 6.73. The predicted octanol–water partition coefficient (Wildman–Crippen LogP) is 18.4. The molecular formula is C66H44N2. The van der Waals surface area contributed by atoms with Crippen LogP contribution in [-0.2, 0) is 0 Å². The van der Waals surface area contributed by atoms with E-state index in [0.717, 1.165) is 28.3 Å². The Morgan fingerprint density at radius 3 is 1.43 bits per heavy atom. The number of anilines is 3. The van der Waals surface area contributed by atoms with Crippen molar-refractivity contribution in [3.8, 4) is 50.2 Å². The summed E-state index contributed by atoms with van der Waals surface area (Å²) in [6, 6.07) is 97.6. The number of para-hydroxylation sites is 2. The van der Waals surface area contributed by atoms with Crippen LogP contribution in [-0.4, -0.2) is 4.57 Å². The molecule has 0 bridgehead atoms. The Morgan fingerprint density at radius 1 is 0.250 bits per heavy atom. The molecular weight excluding hydrogens is 821 g/mol. The van der Waals surface area contributed by atoms with Crippen LogP contribution < -0.4 is 4.90 Å². The minimum Gasteiger partial charge on any atom is -0.310 e. The fourth-order valence-corrected chi connectivity index (χ4v) is 10.6. The second kappa shape index (κ2) is 16.5. The fraction of sp³-hybridized carbons (Fsp3) is 0. The molecule has 1 heterocycles. The van der Waals surface area contributed by atoms with Gasteiger partial charge in [0.1, 0.15) is 0 Å². The standard InChI is InChI=1S/C66H44N2/c1-2-17-47(18-3-1)62-44-55(43-51-21-7-9-24-58(51)62)67(53-38-34-48(35-39-53)57-27-14-22-46-19-6-8-23-56(46)57)54-40-36-49(37-41-54)59-28-15-31-65(66(59)52-33-32-45-16-4-5-20-50(45)42-52)68-63-29-12-10-25-60(63)61-26-11-13-30-64(61)68/h1-44H. The van der Waals surface area contributed by atoms with Crippen molar-refractivity contribution in [3.63, 3.8) is 0 Å². The number of aromatic nitrogens is 1. The topological polar surface area (TPSA) is 8.17 Å². The molecule has 0 fully saturated rings. The van der Waals surface area contributed by atoms with E-state index in [1.807, 2.05) is 0 Å². The minimum absolute atomic E-state index is 1.08. The van der Waals surface area contributed by atoms with E-state index in [1.165, 1.54) is 93.1 Å². The van der Waals surface area contributed by atoms with Gasteiger partial charge in [-0.05, 0) is 132 Å². The van der Waals surface area contributed by atoms with Crippen molar-refractivity contribution in [1.82, 2.24) is 4.57 Å². The first-order valence-electron chi connectivity index (χ1n) is 23.4. The van der Waals surface area contributed by atoms with Gasteiger partial charge in [-0.3, -0.25) is 0 Å². The predicted molar refractivity (Wildman–Crippen MR) is 290 cm³/mol. The van der Waals surface area contributed by atoms with Gasteiger partial charge >= 0.3 is 0 Å². The molecule has 0 radical (unpaired) electrons. The molecule has 2 heteroatoms. The van der Waals surface area contributed by atoms with Crippen LogP contribution >= 0.6 is 0 Å². The molecule has 0 aliphatic rings. The highest BCUT2D eigenvalue weighted by Gasteiger charge is 2.21. The average molecular weight is 865 g/mol. The lowest BCUT2D eigenvalue weighted by Gasteiger charge is -2.27. The van der Waals surface area contributed by atoms with Crippen molar-refractivity contribution >= 4 is 71.2 Å². The average Bonchev–Trinajstić information content (AvgIpc) is 3.75. The Bertz CT molecular complexity index is 3950. The van der Waals surface area contributed by atoms with Gasteiger partial charge in [-0.1, -0.05) is 206 Å². The van der Waals surface area contributed by atoms with Gasteiger partial charge in [0.15, 0.2) is 0 Å². The quantitative estimate of drug-likeness (QED) is 0.148. The molecule has 0 unspecified atom stereocenters. The van der Waals surface area contributed by atoms with Crippen LogP contribution in [0.1, 0.15) is 0 Å². The van der Waals surface area contributed by atoms with E-state index in [0.29, 0.717) is 0 Å². The summed E-state index contributed by atoms with van der Waals surface area (Å²) in [5.74, 6) is 0. The first-order valence-corrected chi connectivity index (χ1v) is 23.4. The van der Waals surface area contributed by atoms with Crippen molar-refractivity contribution in [3.05, 3.63) is 267 Å². The molecule has 318 valence electrons. The Labute approximate surface area is 395 Å². The molecule has 12 aromatic carbocycles. The van der Waals surface area contributed by atoms with Gasteiger partial charge in [-0.25, -0.2) is 0 Å². The van der Waals surface area contributed by atoms with E-state index in [2.05, 4.69) is 276 Å². The van der Waals surface area contributed by atoms with E-state index in [4.69, 9.17) is 0 Å². The van der Waals surface area contributed by atoms with Gasteiger partial charge in [0.25, 0.3) is 0 Å². The van der Waals surface area contributed by atoms with Gasteiger partial charge in [0.2, 0.25) is 0 Å². The monoisotopic (exact) mass is 864 g/mol. The van der Waals surface area contributed by atoms with E-state index in [-0.39, 0.29) is 0 Å². The molecule has 1 aromatic heterocycles. The molecule has 0 saturated heterocycles. The minimum atomic E-state index is 1.08. The maximum atomic E-state index is 2.46. The van der Waals surface area contributed by atoms with E-state index in [1.54, 1.807) is 0 Å². The van der Waals surface area contributed by atoms with Crippen molar-refractivity contribution in [2.45, 2.75) is 0 Å². The Morgan fingerprint density at radius 2 is 0.735 bits per heavy atom. The zero-order valence-corrected chi connectivity index (χ0v) is 37.3. The van der Waals surface area contributed by atoms with Gasteiger partial charge in [0.05, 0.1) is 16.7 Å². The van der Waals surface area contributed by atoms with Gasteiger partial charge in [0, 0.05) is 33.4 Å². The third-order valence-electron chi connectivity index (χ3n) is 13.8. The normalized spacial score (nSPS) is 11.5. The Hall–Kier alpha value is -8.98. The first kappa shape index (κ1) is 39.4. The number of hydrogen-bond donors (Lipinski definition) is 0. The number of nitrogens with zero attached hydrogens (tertiary/aromatic N) is 2. The molecule has 0 spiro atoms. The highest BCUT2D eigenvalue weighted by atomic mass is 15.1. The summed E-state index contributed by atoms with van der Waals surface area (Å²) in [4.78, 5) is 2.41. The second-order valence-corrected chi connectivity index (χ2v) is 17.7. The highest BCUT2D eigenvalue weighted by Crippen LogP contribution is 2.45. The summed E-state index contributed by atoms with van der Waals surface area (Å²) in [7, 11) is 0. The summed E-state index contributed by atoms with van der Waals surface area (Å²) in [6.07, 6.45) is 0. The summed E-state index contributed by atoms with van der Waals surface area (Å²) in [5, 5.41) is 9.86. The smallest absolute Gasteiger partial charge is 0.0546 e. The lowest BCUT2D eigenvalue weighted by molar-refractivity contribution is 1.18. The van der Waals surface area contributed by atoms with E-state index in [9.17, 15) is 0 Å². The van der Waals surface area contributed by atoms with Gasteiger partial charge in [-0.15, -0.1) is 0 Å². The molecule has 13 aromatic rings. The van der Waals surface area contributed by atoms with Crippen LogP contribution in [0.5, 0.6) is 0 Å². The zero-order valence-electron chi connectivity index (χ0n) is 37.3. The van der Waals surface area contributed by atoms with Crippen LogP contribution in [0.15, 0.2) is 267 Å². The van der Waals surface area contributed by atoms with Crippen LogP contribution in [0, 0.1) is 0 Å². The van der Waals surface area contributed by atoms with Crippen molar-refractivity contribution in [2.75, 3.05) is 4.90 Å². The molecule has 68 heavy (non-hydrogen) atoms. The molecule has 13 rings (SSSR count).